The number of aliphatic hydroxyl groups excluding tert-OH is 1. The zero-order chi connectivity index (χ0) is 28.1. The molecule has 226 valence electrons. The maximum absolute atomic E-state index is 11.9. The number of hydrogen-bond donors (Lipinski definition) is 3. The Hall–Kier alpha value is -1.31. The van der Waals surface area contributed by atoms with Crippen molar-refractivity contribution in [3.8, 4) is 0 Å². The van der Waals surface area contributed by atoms with E-state index in [2.05, 4.69) is 18.7 Å². The molecule has 0 unspecified atom stereocenters. The zero-order valence-corrected chi connectivity index (χ0v) is 25.3. The highest BCUT2D eigenvalue weighted by atomic mass is 16.5. The minimum atomic E-state index is -0.168. The van der Waals surface area contributed by atoms with Crippen LogP contribution in [0.25, 0.3) is 0 Å². The Morgan fingerprint density at radius 3 is 1.71 bits per heavy atom. The number of rotatable bonds is 29. The van der Waals surface area contributed by atoms with Crippen molar-refractivity contribution in [3.05, 3.63) is 11.9 Å². The van der Waals surface area contributed by atoms with E-state index in [1.807, 2.05) is 0 Å². The third-order valence-corrected chi connectivity index (χ3v) is 7.10. The lowest BCUT2D eigenvalue weighted by molar-refractivity contribution is -0.143. The molecule has 0 aromatic heterocycles. The first-order chi connectivity index (χ1) is 18.5. The van der Waals surface area contributed by atoms with Gasteiger partial charge in [-0.3, -0.25) is 4.79 Å². The Labute approximate surface area is 235 Å². The first-order valence-corrected chi connectivity index (χ1v) is 16.0. The second kappa shape index (κ2) is 28.7. The predicted octanol–water partition coefficient (Wildman–Crippen LogP) is 6.64. The van der Waals surface area contributed by atoms with Gasteiger partial charge in [-0.15, -0.1) is 0 Å². The van der Waals surface area contributed by atoms with Gasteiger partial charge in [0.05, 0.1) is 18.9 Å². The molecule has 0 aliphatic rings. The van der Waals surface area contributed by atoms with E-state index >= 15 is 0 Å². The normalized spacial score (nSPS) is 11.9. The lowest BCUT2D eigenvalue weighted by Crippen LogP contribution is -2.33. The van der Waals surface area contributed by atoms with Gasteiger partial charge in [-0.05, 0) is 51.7 Å². The van der Waals surface area contributed by atoms with Crippen LogP contribution >= 0.6 is 0 Å². The molecule has 5 N–H and O–H groups in total. The van der Waals surface area contributed by atoms with Crippen LogP contribution in [0.5, 0.6) is 0 Å². The topological polar surface area (TPSA) is 105 Å². The van der Waals surface area contributed by atoms with E-state index in [1.165, 1.54) is 96.3 Å². The second-order valence-corrected chi connectivity index (χ2v) is 10.9. The lowest BCUT2D eigenvalue weighted by Gasteiger charge is -2.24. The summed E-state index contributed by atoms with van der Waals surface area (Å²) in [5, 5.41) is 10.6. The van der Waals surface area contributed by atoms with Crippen LogP contribution in [0.3, 0.4) is 0 Å². The number of hydrazine groups is 1. The molecule has 0 bridgehead atoms. The van der Waals surface area contributed by atoms with Crippen LogP contribution in [0.15, 0.2) is 11.9 Å². The third kappa shape index (κ3) is 26.3. The van der Waals surface area contributed by atoms with Crippen molar-refractivity contribution in [2.75, 3.05) is 39.4 Å². The molecule has 0 rings (SSSR count). The largest absolute Gasteiger partial charge is 0.466 e. The molecule has 0 aromatic carbocycles. The Morgan fingerprint density at radius 2 is 1.16 bits per heavy atom. The van der Waals surface area contributed by atoms with Crippen molar-refractivity contribution in [2.45, 2.75) is 142 Å². The highest BCUT2D eigenvalue weighted by Crippen LogP contribution is 2.11. The van der Waals surface area contributed by atoms with Gasteiger partial charge in [0.2, 0.25) is 0 Å². The Morgan fingerprint density at radius 1 is 0.684 bits per heavy atom. The van der Waals surface area contributed by atoms with E-state index < -0.39 is 0 Å². The molecule has 0 aliphatic carbocycles. The van der Waals surface area contributed by atoms with Gasteiger partial charge < -0.3 is 25.5 Å². The van der Waals surface area contributed by atoms with Gasteiger partial charge in [0.15, 0.2) is 0 Å². The molecule has 0 fully saturated rings. The van der Waals surface area contributed by atoms with Gasteiger partial charge >= 0.3 is 5.97 Å². The lowest BCUT2D eigenvalue weighted by atomic mass is 10.1. The van der Waals surface area contributed by atoms with E-state index in [-0.39, 0.29) is 12.6 Å². The summed E-state index contributed by atoms with van der Waals surface area (Å²) in [6.07, 6.45) is 25.4. The monoisotopic (exact) mass is 540 g/mol. The first kappa shape index (κ1) is 36.7. The summed E-state index contributed by atoms with van der Waals surface area (Å²) >= 11 is 0. The molecule has 0 saturated heterocycles. The smallest absolute Gasteiger partial charge is 0.305 e. The molecule has 0 amide bonds. The number of esters is 1. The SMILES string of the molecule is CCCCCCCCCOC(=O)CCCCCCCN(CCCCCCCC)CCCN(N)/C=C(\N)CO. The average molecular weight is 541 g/mol. The van der Waals surface area contributed by atoms with E-state index in [1.54, 1.807) is 11.2 Å². The van der Waals surface area contributed by atoms with Crippen LogP contribution in [0, 0.1) is 0 Å². The number of carbonyl (C=O) groups excluding carboxylic acids is 1. The summed E-state index contributed by atoms with van der Waals surface area (Å²) < 4.78 is 5.40. The Kier molecular flexibility index (Phi) is 27.7. The number of aliphatic hydroxyl groups is 1. The first-order valence-electron chi connectivity index (χ1n) is 16.0. The molecule has 0 heterocycles. The second-order valence-electron chi connectivity index (χ2n) is 10.9. The molecule has 0 spiro atoms. The molecule has 0 aliphatic heterocycles. The van der Waals surface area contributed by atoms with Crippen LogP contribution in [0.4, 0.5) is 0 Å². The van der Waals surface area contributed by atoms with Gasteiger partial charge in [-0.25, -0.2) is 5.84 Å². The number of ether oxygens (including phenoxy) is 1. The van der Waals surface area contributed by atoms with Gasteiger partial charge in [-0.2, -0.15) is 0 Å². The summed E-state index contributed by atoms with van der Waals surface area (Å²) in [6, 6.07) is 0. The van der Waals surface area contributed by atoms with Crippen LogP contribution in [-0.2, 0) is 9.53 Å². The number of unbranched alkanes of at least 4 members (excludes halogenated alkanes) is 15. The molecule has 0 atom stereocenters. The molecule has 7 nitrogen and oxygen atoms in total. The summed E-state index contributed by atoms with van der Waals surface area (Å²) in [6.45, 7) is 8.94. The summed E-state index contributed by atoms with van der Waals surface area (Å²) in [5.74, 6) is 5.95. The number of carbonyl (C=O) groups is 1. The summed E-state index contributed by atoms with van der Waals surface area (Å²) in [7, 11) is 0. The highest BCUT2D eigenvalue weighted by molar-refractivity contribution is 5.69. The quantitative estimate of drug-likeness (QED) is 0.0422. The third-order valence-electron chi connectivity index (χ3n) is 7.10. The standard InChI is InChI=1S/C31H64N4O3/c1-3-5-7-9-11-16-20-27-38-31(37)22-17-13-12-15-19-24-34(23-18-14-10-8-6-4-2)25-21-26-35(33)28-30(32)29-36/h28,36H,3-27,29,32-33H2,1-2H3/b30-28-. The maximum Gasteiger partial charge on any atom is 0.305 e. The van der Waals surface area contributed by atoms with E-state index in [4.69, 9.17) is 21.4 Å². The fourth-order valence-electron chi connectivity index (χ4n) is 4.70. The van der Waals surface area contributed by atoms with Gasteiger partial charge in [-0.1, -0.05) is 104 Å². The summed E-state index contributed by atoms with van der Waals surface area (Å²) in [5.41, 5.74) is 6.04. The van der Waals surface area contributed by atoms with Gasteiger partial charge in [0.25, 0.3) is 0 Å². The van der Waals surface area contributed by atoms with Crippen LogP contribution < -0.4 is 11.6 Å². The molecule has 0 aromatic rings. The Bertz CT molecular complexity index is 545. The van der Waals surface area contributed by atoms with Crippen molar-refractivity contribution >= 4 is 5.97 Å². The summed E-state index contributed by atoms with van der Waals surface area (Å²) in [4.78, 5) is 14.5. The molecule has 38 heavy (non-hydrogen) atoms. The zero-order valence-electron chi connectivity index (χ0n) is 25.3. The van der Waals surface area contributed by atoms with Crippen LogP contribution in [-0.4, -0.2) is 60.4 Å². The van der Waals surface area contributed by atoms with Crippen LogP contribution in [0.2, 0.25) is 0 Å². The highest BCUT2D eigenvalue weighted by Gasteiger charge is 2.07. The average Bonchev–Trinajstić information content (AvgIpc) is 2.90. The number of nitrogens with two attached hydrogens (primary N) is 2. The molecule has 0 radical (unpaired) electrons. The van der Waals surface area contributed by atoms with Gasteiger partial charge in [0.1, 0.15) is 0 Å². The Balaban J connectivity index is 3.95. The maximum atomic E-state index is 11.9. The van der Waals surface area contributed by atoms with E-state index in [0.717, 1.165) is 51.9 Å². The van der Waals surface area contributed by atoms with Crippen molar-refractivity contribution in [1.29, 1.82) is 0 Å². The molecular formula is C31H64N4O3. The number of hydrogen-bond acceptors (Lipinski definition) is 7. The predicted molar refractivity (Wildman–Crippen MR) is 161 cm³/mol. The van der Waals surface area contributed by atoms with E-state index in [0.29, 0.717) is 18.7 Å². The fourth-order valence-corrected chi connectivity index (χ4v) is 4.70. The van der Waals surface area contributed by atoms with Crippen molar-refractivity contribution in [2.24, 2.45) is 11.6 Å². The van der Waals surface area contributed by atoms with Crippen molar-refractivity contribution in [3.63, 3.8) is 0 Å². The van der Waals surface area contributed by atoms with Gasteiger partial charge in [0, 0.05) is 19.2 Å². The fraction of sp³-hybridized carbons (Fsp3) is 0.903. The minimum Gasteiger partial charge on any atom is -0.466 e. The number of nitrogens with zero attached hydrogens (tertiary/aromatic N) is 2. The van der Waals surface area contributed by atoms with Crippen molar-refractivity contribution < 1.29 is 14.6 Å². The minimum absolute atomic E-state index is 0.0226. The van der Waals surface area contributed by atoms with E-state index in [9.17, 15) is 4.79 Å². The molecule has 0 saturated carbocycles. The molecular weight excluding hydrogens is 476 g/mol. The molecule has 7 heteroatoms. The van der Waals surface area contributed by atoms with Crippen molar-refractivity contribution in [1.82, 2.24) is 9.91 Å². The van der Waals surface area contributed by atoms with Crippen LogP contribution in [0.1, 0.15) is 142 Å².